The molecule has 2 fully saturated rings. The van der Waals surface area contributed by atoms with Crippen LogP contribution in [-0.4, -0.2) is 43.0 Å². The van der Waals surface area contributed by atoms with Crippen LogP contribution in [0.15, 0.2) is 30.3 Å². The van der Waals surface area contributed by atoms with E-state index in [4.69, 9.17) is 0 Å². The molecule has 3 rings (SSSR count). The molecular formula is C17H27Cl2N3O. The van der Waals surface area contributed by atoms with Gasteiger partial charge < -0.3 is 10.6 Å². The molecule has 1 aromatic carbocycles. The van der Waals surface area contributed by atoms with Crippen molar-refractivity contribution in [2.75, 3.05) is 26.2 Å². The summed E-state index contributed by atoms with van der Waals surface area (Å²) >= 11 is 0. The number of nitrogens with one attached hydrogen (secondary N) is 2. The minimum atomic E-state index is 0. The molecule has 2 heterocycles. The lowest BCUT2D eigenvalue weighted by Crippen LogP contribution is -2.46. The Hall–Kier alpha value is -0.810. The van der Waals surface area contributed by atoms with Gasteiger partial charge in [0.2, 0.25) is 5.91 Å². The van der Waals surface area contributed by atoms with Crippen LogP contribution in [0.2, 0.25) is 0 Å². The molecule has 4 nitrogen and oxygen atoms in total. The Morgan fingerprint density at radius 2 is 2.00 bits per heavy atom. The molecule has 0 aromatic heterocycles. The second-order valence-corrected chi connectivity index (χ2v) is 6.26. The van der Waals surface area contributed by atoms with E-state index in [2.05, 4.69) is 39.8 Å². The van der Waals surface area contributed by atoms with Gasteiger partial charge in [-0.25, -0.2) is 0 Å². The molecule has 2 unspecified atom stereocenters. The van der Waals surface area contributed by atoms with Gasteiger partial charge in [0.15, 0.2) is 0 Å². The number of halogens is 2. The summed E-state index contributed by atoms with van der Waals surface area (Å²) < 4.78 is 0. The van der Waals surface area contributed by atoms with Crippen molar-refractivity contribution in [2.45, 2.75) is 31.8 Å². The highest BCUT2D eigenvalue weighted by Crippen LogP contribution is 2.19. The van der Waals surface area contributed by atoms with Gasteiger partial charge in [0.1, 0.15) is 0 Å². The summed E-state index contributed by atoms with van der Waals surface area (Å²) in [5.41, 5.74) is 1.33. The summed E-state index contributed by atoms with van der Waals surface area (Å²) in [6.07, 6.45) is 3.21. The van der Waals surface area contributed by atoms with Crippen LogP contribution in [0.4, 0.5) is 0 Å². The number of rotatable bonds is 4. The molecular weight excluding hydrogens is 333 g/mol. The maximum absolute atomic E-state index is 12.4. The van der Waals surface area contributed by atoms with Crippen molar-refractivity contribution in [1.82, 2.24) is 15.5 Å². The van der Waals surface area contributed by atoms with Crippen LogP contribution < -0.4 is 10.6 Å². The van der Waals surface area contributed by atoms with Crippen LogP contribution in [0.25, 0.3) is 0 Å². The van der Waals surface area contributed by atoms with E-state index < -0.39 is 0 Å². The second-order valence-electron chi connectivity index (χ2n) is 6.26. The molecule has 1 aromatic rings. The average Bonchev–Trinajstić information content (AvgIpc) is 3.01. The first-order valence-corrected chi connectivity index (χ1v) is 8.08. The van der Waals surface area contributed by atoms with Gasteiger partial charge in [0, 0.05) is 25.7 Å². The topological polar surface area (TPSA) is 44.4 Å². The maximum Gasteiger partial charge on any atom is 0.224 e. The van der Waals surface area contributed by atoms with Gasteiger partial charge in [-0.05, 0) is 37.9 Å². The van der Waals surface area contributed by atoms with Gasteiger partial charge in [-0.1, -0.05) is 30.3 Å². The maximum atomic E-state index is 12.4. The number of hydrogen-bond acceptors (Lipinski definition) is 3. The molecule has 23 heavy (non-hydrogen) atoms. The van der Waals surface area contributed by atoms with Gasteiger partial charge in [-0.3, -0.25) is 9.69 Å². The number of carbonyl (C=O) groups excluding carboxylic acids is 1. The lowest BCUT2D eigenvalue weighted by atomic mass is 9.96. The molecule has 2 N–H and O–H groups in total. The zero-order valence-corrected chi connectivity index (χ0v) is 15.0. The summed E-state index contributed by atoms with van der Waals surface area (Å²) in [5, 5.41) is 6.50. The predicted octanol–water partition coefficient (Wildman–Crippen LogP) is 2.22. The molecule has 2 aliphatic rings. The number of amides is 1. The normalized spacial score (nSPS) is 24.3. The van der Waals surface area contributed by atoms with Gasteiger partial charge in [0.25, 0.3) is 0 Å². The van der Waals surface area contributed by atoms with Crippen molar-refractivity contribution >= 4 is 30.7 Å². The summed E-state index contributed by atoms with van der Waals surface area (Å²) in [6.45, 7) is 4.89. The third-order valence-electron chi connectivity index (χ3n) is 4.53. The first-order chi connectivity index (χ1) is 10.3. The Labute approximate surface area is 151 Å². The van der Waals surface area contributed by atoms with Gasteiger partial charge in [-0.2, -0.15) is 0 Å². The summed E-state index contributed by atoms with van der Waals surface area (Å²) in [6, 6.07) is 10.9. The van der Waals surface area contributed by atoms with Crippen molar-refractivity contribution < 1.29 is 4.79 Å². The molecule has 0 saturated carbocycles. The number of nitrogens with zero attached hydrogens (tertiary/aromatic N) is 1. The Balaban J connectivity index is 0.00000132. The third kappa shape index (κ3) is 5.96. The zero-order valence-electron chi connectivity index (χ0n) is 13.4. The van der Waals surface area contributed by atoms with Crippen molar-refractivity contribution in [2.24, 2.45) is 5.92 Å². The number of benzene rings is 1. The van der Waals surface area contributed by atoms with Crippen LogP contribution in [0.3, 0.4) is 0 Å². The molecule has 2 saturated heterocycles. The van der Waals surface area contributed by atoms with E-state index in [-0.39, 0.29) is 36.6 Å². The number of likely N-dealkylation sites (tertiary alicyclic amines) is 1. The van der Waals surface area contributed by atoms with Crippen LogP contribution in [0, 0.1) is 5.92 Å². The molecule has 0 spiro atoms. The highest BCUT2D eigenvalue weighted by molar-refractivity contribution is 5.85. The molecule has 1 amide bonds. The Bertz CT molecular complexity index is 466. The van der Waals surface area contributed by atoms with E-state index >= 15 is 0 Å². The molecule has 2 atom stereocenters. The minimum Gasteiger partial charge on any atom is -0.352 e. The molecule has 0 bridgehead atoms. The van der Waals surface area contributed by atoms with Crippen molar-refractivity contribution in [1.29, 1.82) is 0 Å². The standard InChI is InChI=1S/C17H25N3O.2ClH/c21-17(19-16-8-9-18-11-16)15-7-4-10-20(13-15)12-14-5-2-1-3-6-14;;/h1-3,5-6,15-16,18H,4,7-13H2,(H,19,21);2*1H. The highest BCUT2D eigenvalue weighted by Gasteiger charge is 2.27. The summed E-state index contributed by atoms with van der Waals surface area (Å²) in [4.78, 5) is 14.8. The fourth-order valence-electron chi connectivity index (χ4n) is 3.35. The Morgan fingerprint density at radius 3 is 2.70 bits per heavy atom. The minimum absolute atomic E-state index is 0. The molecule has 0 aliphatic carbocycles. The fourth-order valence-corrected chi connectivity index (χ4v) is 3.35. The second kappa shape index (κ2) is 10.1. The Kier molecular flexibility index (Phi) is 8.92. The van der Waals surface area contributed by atoms with Crippen LogP contribution in [0.1, 0.15) is 24.8 Å². The lowest BCUT2D eigenvalue weighted by Gasteiger charge is -2.32. The van der Waals surface area contributed by atoms with Crippen LogP contribution in [-0.2, 0) is 11.3 Å². The lowest BCUT2D eigenvalue weighted by molar-refractivity contribution is -0.127. The molecule has 130 valence electrons. The van der Waals surface area contributed by atoms with E-state index in [1.807, 2.05) is 6.07 Å². The SMILES string of the molecule is Cl.Cl.O=C(NC1CCNC1)C1CCCN(Cc2ccccc2)C1. The molecule has 2 aliphatic heterocycles. The predicted molar refractivity (Wildman–Crippen MR) is 98.4 cm³/mol. The largest absolute Gasteiger partial charge is 0.352 e. The van der Waals surface area contributed by atoms with Crippen molar-refractivity contribution in [3.05, 3.63) is 35.9 Å². The monoisotopic (exact) mass is 359 g/mol. The first kappa shape index (κ1) is 20.2. The highest BCUT2D eigenvalue weighted by atomic mass is 35.5. The van der Waals surface area contributed by atoms with E-state index in [1.165, 1.54) is 5.56 Å². The van der Waals surface area contributed by atoms with Crippen LogP contribution in [0.5, 0.6) is 0 Å². The smallest absolute Gasteiger partial charge is 0.224 e. The van der Waals surface area contributed by atoms with E-state index in [0.29, 0.717) is 6.04 Å². The average molecular weight is 360 g/mol. The fraction of sp³-hybridized carbons (Fsp3) is 0.588. The Morgan fingerprint density at radius 1 is 1.22 bits per heavy atom. The molecule has 0 radical (unpaired) electrons. The van der Waals surface area contributed by atoms with Gasteiger partial charge >= 0.3 is 0 Å². The number of carbonyl (C=O) groups is 1. The third-order valence-corrected chi connectivity index (χ3v) is 4.53. The zero-order chi connectivity index (χ0) is 14.5. The number of piperidine rings is 1. The number of hydrogen-bond donors (Lipinski definition) is 2. The van der Waals surface area contributed by atoms with Crippen molar-refractivity contribution in [3.8, 4) is 0 Å². The van der Waals surface area contributed by atoms with E-state index in [9.17, 15) is 4.79 Å². The van der Waals surface area contributed by atoms with E-state index in [1.54, 1.807) is 0 Å². The van der Waals surface area contributed by atoms with E-state index in [0.717, 1.165) is 52.0 Å². The van der Waals surface area contributed by atoms with Crippen molar-refractivity contribution in [3.63, 3.8) is 0 Å². The summed E-state index contributed by atoms with van der Waals surface area (Å²) in [5.74, 6) is 0.407. The van der Waals surface area contributed by atoms with Gasteiger partial charge in [-0.15, -0.1) is 24.8 Å². The van der Waals surface area contributed by atoms with Gasteiger partial charge in [0.05, 0.1) is 5.92 Å². The summed E-state index contributed by atoms with van der Waals surface area (Å²) in [7, 11) is 0. The molecule has 6 heteroatoms. The quantitative estimate of drug-likeness (QED) is 0.866. The van der Waals surface area contributed by atoms with Crippen LogP contribution >= 0.6 is 24.8 Å². The first-order valence-electron chi connectivity index (χ1n) is 8.08.